The number of methoxy groups -OCH3 is 2. The van der Waals surface area contributed by atoms with Gasteiger partial charge in [0.25, 0.3) is 0 Å². The number of nitrogens with one attached hydrogen (secondary N) is 1. The molecular formula is C20H23ClN2O3. The maximum absolute atomic E-state index is 12.6. The molecule has 0 bridgehead atoms. The van der Waals surface area contributed by atoms with Crippen LogP contribution in [0.3, 0.4) is 0 Å². The Bertz CT molecular complexity index is 823. The van der Waals surface area contributed by atoms with Crippen molar-refractivity contribution in [1.29, 1.82) is 0 Å². The molecule has 0 fully saturated rings. The molecule has 0 saturated heterocycles. The van der Waals surface area contributed by atoms with Crippen LogP contribution in [0, 0.1) is 6.92 Å². The Morgan fingerprint density at radius 2 is 1.88 bits per heavy atom. The Morgan fingerprint density at radius 1 is 1.19 bits per heavy atom. The van der Waals surface area contributed by atoms with E-state index < -0.39 is 0 Å². The Morgan fingerprint density at radius 3 is 2.58 bits per heavy atom. The van der Waals surface area contributed by atoms with E-state index in [4.69, 9.17) is 21.1 Å². The molecule has 138 valence electrons. The Labute approximate surface area is 158 Å². The van der Waals surface area contributed by atoms with Crippen molar-refractivity contribution in [2.45, 2.75) is 19.9 Å². The highest BCUT2D eigenvalue weighted by molar-refractivity contribution is 6.31. The molecule has 0 spiro atoms. The van der Waals surface area contributed by atoms with E-state index >= 15 is 0 Å². The molecule has 0 saturated carbocycles. The molecule has 1 heterocycles. The third kappa shape index (κ3) is 3.73. The summed E-state index contributed by atoms with van der Waals surface area (Å²) in [6.45, 7) is 3.44. The lowest BCUT2D eigenvalue weighted by molar-refractivity contribution is -0.130. The second kappa shape index (κ2) is 7.87. The minimum atomic E-state index is 0.0600. The minimum absolute atomic E-state index is 0.0600. The number of hydrogen-bond acceptors (Lipinski definition) is 4. The molecule has 3 rings (SSSR count). The van der Waals surface area contributed by atoms with Crippen LogP contribution in [-0.4, -0.2) is 38.1 Å². The number of ether oxygens (including phenoxy) is 2. The van der Waals surface area contributed by atoms with Crippen LogP contribution in [0.25, 0.3) is 0 Å². The fourth-order valence-corrected chi connectivity index (χ4v) is 3.35. The average molecular weight is 375 g/mol. The first kappa shape index (κ1) is 18.4. The first-order chi connectivity index (χ1) is 12.5. The third-order valence-corrected chi connectivity index (χ3v) is 5.18. The average Bonchev–Trinajstić information content (AvgIpc) is 2.67. The van der Waals surface area contributed by atoms with Crippen LogP contribution < -0.4 is 14.8 Å². The number of amides is 1. The highest BCUT2D eigenvalue weighted by Crippen LogP contribution is 2.33. The highest BCUT2D eigenvalue weighted by Gasteiger charge is 2.22. The van der Waals surface area contributed by atoms with Gasteiger partial charge in [-0.05, 0) is 54.3 Å². The monoisotopic (exact) mass is 374 g/mol. The molecule has 0 aromatic heterocycles. The SMILES string of the molecule is COc1cc2c(cc1OC)CN(C(=O)CNc1cccc(Cl)c1C)CC2. The second-order valence-electron chi connectivity index (χ2n) is 6.31. The van der Waals surface area contributed by atoms with Crippen LogP contribution in [0.5, 0.6) is 11.5 Å². The molecule has 5 nitrogen and oxygen atoms in total. The molecule has 0 radical (unpaired) electrons. The standard InChI is InChI=1S/C20H23ClN2O3/c1-13-16(21)5-4-6-17(13)22-11-20(24)23-8-7-14-9-18(25-2)19(26-3)10-15(14)12-23/h4-6,9-10,22H,7-8,11-12H2,1-3H3. The van der Waals surface area contributed by atoms with Crippen LogP contribution in [0.15, 0.2) is 30.3 Å². The molecule has 1 amide bonds. The predicted molar refractivity (Wildman–Crippen MR) is 103 cm³/mol. The van der Waals surface area contributed by atoms with Gasteiger partial charge in [0.15, 0.2) is 11.5 Å². The zero-order valence-electron chi connectivity index (χ0n) is 15.3. The van der Waals surface area contributed by atoms with Crippen LogP contribution in [0.2, 0.25) is 5.02 Å². The number of nitrogens with zero attached hydrogens (tertiary/aromatic N) is 1. The van der Waals surface area contributed by atoms with Crippen molar-refractivity contribution in [1.82, 2.24) is 4.90 Å². The molecule has 0 aliphatic carbocycles. The van der Waals surface area contributed by atoms with Gasteiger partial charge in [-0.15, -0.1) is 0 Å². The third-order valence-electron chi connectivity index (χ3n) is 4.77. The Balaban J connectivity index is 1.68. The number of benzene rings is 2. The summed E-state index contributed by atoms with van der Waals surface area (Å²) in [5, 5.41) is 3.89. The van der Waals surface area contributed by atoms with Crippen molar-refractivity contribution in [3.05, 3.63) is 52.0 Å². The van der Waals surface area contributed by atoms with Crippen molar-refractivity contribution in [3.8, 4) is 11.5 Å². The van der Waals surface area contributed by atoms with Gasteiger partial charge in [0.1, 0.15) is 0 Å². The van der Waals surface area contributed by atoms with Gasteiger partial charge in [-0.3, -0.25) is 4.79 Å². The fraction of sp³-hybridized carbons (Fsp3) is 0.350. The van der Waals surface area contributed by atoms with E-state index in [1.807, 2.05) is 42.2 Å². The number of carbonyl (C=O) groups excluding carboxylic acids is 1. The normalized spacial score (nSPS) is 13.2. The number of rotatable bonds is 5. The van der Waals surface area contributed by atoms with Crippen molar-refractivity contribution in [3.63, 3.8) is 0 Å². The summed E-state index contributed by atoms with van der Waals surface area (Å²) < 4.78 is 10.7. The van der Waals surface area contributed by atoms with Gasteiger partial charge in [-0.2, -0.15) is 0 Å². The Hall–Kier alpha value is -2.40. The molecule has 1 aliphatic rings. The number of carbonyl (C=O) groups is 1. The largest absolute Gasteiger partial charge is 0.493 e. The first-order valence-corrected chi connectivity index (χ1v) is 8.91. The lowest BCUT2D eigenvalue weighted by atomic mass is 9.98. The maximum Gasteiger partial charge on any atom is 0.242 e. The smallest absolute Gasteiger partial charge is 0.242 e. The fourth-order valence-electron chi connectivity index (χ4n) is 3.18. The van der Waals surface area contributed by atoms with Gasteiger partial charge in [0, 0.05) is 23.8 Å². The number of hydrogen-bond donors (Lipinski definition) is 1. The summed E-state index contributed by atoms with van der Waals surface area (Å²) in [7, 11) is 3.25. The molecule has 0 atom stereocenters. The number of fused-ring (bicyclic) bond motifs is 1. The van der Waals surface area contributed by atoms with Crippen LogP contribution in [0.1, 0.15) is 16.7 Å². The van der Waals surface area contributed by atoms with Crippen LogP contribution in [-0.2, 0) is 17.8 Å². The highest BCUT2D eigenvalue weighted by atomic mass is 35.5. The molecule has 6 heteroatoms. The van der Waals surface area contributed by atoms with Gasteiger partial charge >= 0.3 is 0 Å². The minimum Gasteiger partial charge on any atom is -0.493 e. The van der Waals surface area contributed by atoms with Crippen molar-refractivity contribution < 1.29 is 14.3 Å². The first-order valence-electron chi connectivity index (χ1n) is 8.54. The molecule has 2 aromatic carbocycles. The van der Waals surface area contributed by atoms with Crippen molar-refractivity contribution in [2.75, 3.05) is 32.6 Å². The predicted octanol–water partition coefficient (Wildman–Crippen LogP) is 3.66. The van der Waals surface area contributed by atoms with Gasteiger partial charge in [0.2, 0.25) is 5.91 Å². The summed E-state index contributed by atoms with van der Waals surface area (Å²) >= 11 is 6.13. The van der Waals surface area contributed by atoms with Crippen molar-refractivity contribution >= 4 is 23.2 Å². The Kier molecular flexibility index (Phi) is 5.57. The zero-order valence-corrected chi connectivity index (χ0v) is 16.0. The van der Waals surface area contributed by atoms with Gasteiger partial charge in [0.05, 0.1) is 20.8 Å². The molecule has 1 aliphatic heterocycles. The summed E-state index contributed by atoms with van der Waals surface area (Å²) in [6, 6.07) is 9.61. The van der Waals surface area contributed by atoms with Gasteiger partial charge in [-0.1, -0.05) is 17.7 Å². The van der Waals surface area contributed by atoms with E-state index in [0.717, 1.165) is 29.0 Å². The molecule has 0 unspecified atom stereocenters. The van der Waals surface area contributed by atoms with E-state index in [1.165, 1.54) is 5.56 Å². The second-order valence-corrected chi connectivity index (χ2v) is 6.71. The zero-order chi connectivity index (χ0) is 18.7. The van der Waals surface area contributed by atoms with E-state index in [9.17, 15) is 4.79 Å². The van der Waals surface area contributed by atoms with E-state index in [0.29, 0.717) is 23.9 Å². The van der Waals surface area contributed by atoms with Gasteiger partial charge in [-0.25, -0.2) is 0 Å². The van der Waals surface area contributed by atoms with E-state index in [2.05, 4.69) is 5.32 Å². The van der Waals surface area contributed by atoms with E-state index in [-0.39, 0.29) is 12.5 Å². The van der Waals surface area contributed by atoms with Crippen molar-refractivity contribution in [2.24, 2.45) is 0 Å². The summed E-state index contributed by atoms with van der Waals surface area (Å²) in [5.41, 5.74) is 4.13. The topological polar surface area (TPSA) is 50.8 Å². The number of halogens is 1. The maximum atomic E-state index is 12.6. The molecular weight excluding hydrogens is 352 g/mol. The van der Waals surface area contributed by atoms with E-state index in [1.54, 1.807) is 14.2 Å². The van der Waals surface area contributed by atoms with Crippen LogP contribution >= 0.6 is 11.6 Å². The van der Waals surface area contributed by atoms with Gasteiger partial charge < -0.3 is 19.7 Å². The summed E-state index contributed by atoms with van der Waals surface area (Å²) in [4.78, 5) is 14.5. The lowest BCUT2D eigenvalue weighted by Gasteiger charge is -2.30. The number of anilines is 1. The lowest BCUT2D eigenvalue weighted by Crippen LogP contribution is -2.39. The summed E-state index contributed by atoms with van der Waals surface area (Å²) in [5.74, 6) is 1.47. The molecule has 2 aromatic rings. The quantitative estimate of drug-likeness (QED) is 0.867. The van der Waals surface area contributed by atoms with Crippen LogP contribution in [0.4, 0.5) is 5.69 Å². The molecule has 1 N–H and O–H groups in total. The summed E-state index contributed by atoms with van der Waals surface area (Å²) in [6.07, 6.45) is 0.803. The molecule has 26 heavy (non-hydrogen) atoms.